The predicted molar refractivity (Wildman–Crippen MR) is 52.7 cm³/mol. The molecule has 1 saturated heterocycles. The Morgan fingerprint density at radius 3 is 2.86 bits per heavy atom. The zero-order valence-corrected chi connectivity index (χ0v) is 8.45. The van der Waals surface area contributed by atoms with Gasteiger partial charge in [-0.05, 0) is 31.7 Å². The van der Waals surface area contributed by atoms with E-state index < -0.39 is 0 Å². The first-order chi connectivity index (χ1) is 6.75. The van der Waals surface area contributed by atoms with Crippen molar-refractivity contribution >= 4 is 5.91 Å². The number of amides is 1. The fourth-order valence-electron chi connectivity index (χ4n) is 2.10. The normalized spacial score (nSPS) is 28.1. The highest BCUT2D eigenvalue weighted by molar-refractivity contribution is 5.74. The molecule has 2 aliphatic rings. The highest BCUT2D eigenvalue weighted by Gasteiger charge is 2.34. The van der Waals surface area contributed by atoms with Crippen molar-refractivity contribution in [1.29, 1.82) is 0 Å². The lowest BCUT2D eigenvalue weighted by Gasteiger charge is -2.14. The van der Waals surface area contributed by atoms with Crippen LogP contribution in [0.1, 0.15) is 19.3 Å². The van der Waals surface area contributed by atoms with Crippen LogP contribution in [-0.2, 0) is 9.53 Å². The molecule has 2 rings (SSSR count). The molecule has 1 saturated carbocycles. The van der Waals surface area contributed by atoms with Gasteiger partial charge in [-0.15, -0.1) is 0 Å². The van der Waals surface area contributed by atoms with Crippen LogP contribution in [0.15, 0.2) is 0 Å². The van der Waals surface area contributed by atoms with Gasteiger partial charge in [0.15, 0.2) is 0 Å². The smallest absolute Gasteiger partial charge is 0.243 e. The molecule has 0 radical (unpaired) electrons. The quantitative estimate of drug-likeness (QED) is 0.675. The van der Waals surface area contributed by atoms with Crippen LogP contribution < -0.4 is 5.73 Å². The summed E-state index contributed by atoms with van der Waals surface area (Å²) in [4.78, 5) is 13.0. The highest BCUT2D eigenvalue weighted by Crippen LogP contribution is 2.31. The second kappa shape index (κ2) is 4.28. The van der Waals surface area contributed by atoms with Gasteiger partial charge in [-0.2, -0.15) is 0 Å². The molecule has 80 valence electrons. The van der Waals surface area contributed by atoms with Crippen molar-refractivity contribution in [1.82, 2.24) is 4.90 Å². The second-order valence-corrected chi connectivity index (χ2v) is 4.36. The predicted octanol–water partition coefficient (Wildman–Crippen LogP) is -0.0274. The molecule has 4 heteroatoms. The fraction of sp³-hybridized carbons (Fsp3) is 0.900. The minimum Gasteiger partial charge on any atom is -0.371 e. The Morgan fingerprint density at radius 1 is 1.43 bits per heavy atom. The van der Waals surface area contributed by atoms with Crippen LogP contribution in [0.2, 0.25) is 0 Å². The molecule has 0 bridgehead atoms. The van der Waals surface area contributed by atoms with E-state index in [9.17, 15) is 4.79 Å². The summed E-state index contributed by atoms with van der Waals surface area (Å²) in [5.41, 5.74) is 4.99. The number of carbonyl (C=O) groups is 1. The van der Waals surface area contributed by atoms with Crippen molar-refractivity contribution in [2.45, 2.75) is 25.3 Å². The first kappa shape index (κ1) is 9.93. The summed E-state index contributed by atoms with van der Waals surface area (Å²) in [6, 6.07) is 0.858. The van der Waals surface area contributed by atoms with Crippen LogP contribution in [0.25, 0.3) is 0 Å². The van der Waals surface area contributed by atoms with Gasteiger partial charge in [0, 0.05) is 12.6 Å². The van der Waals surface area contributed by atoms with Gasteiger partial charge in [-0.1, -0.05) is 0 Å². The maximum absolute atomic E-state index is 10.4. The lowest BCUT2D eigenvalue weighted by molar-refractivity contribution is -0.122. The lowest BCUT2D eigenvalue weighted by atomic mass is 10.1. The van der Waals surface area contributed by atoms with Crippen LogP contribution in [0.4, 0.5) is 0 Å². The molecule has 1 aliphatic heterocycles. The van der Waals surface area contributed by atoms with Gasteiger partial charge in [-0.25, -0.2) is 0 Å². The van der Waals surface area contributed by atoms with Crippen molar-refractivity contribution in [2.24, 2.45) is 11.7 Å². The Morgan fingerprint density at radius 2 is 2.21 bits per heavy atom. The molecule has 14 heavy (non-hydrogen) atoms. The van der Waals surface area contributed by atoms with Crippen molar-refractivity contribution in [3.8, 4) is 0 Å². The summed E-state index contributed by atoms with van der Waals surface area (Å²) in [6.45, 7) is 3.10. The van der Waals surface area contributed by atoms with E-state index in [0.29, 0.717) is 12.5 Å². The molecular weight excluding hydrogens is 180 g/mol. The maximum atomic E-state index is 10.4. The van der Waals surface area contributed by atoms with Crippen molar-refractivity contribution in [3.63, 3.8) is 0 Å². The number of carbonyl (C=O) groups excluding carboxylic acids is 1. The van der Waals surface area contributed by atoms with Crippen LogP contribution in [0.5, 0.6) is 0 Å². The average molecular weight is 198 g/mol. The summed E-state index contributed by atoms with van der Waals surface area (Å²) >= 11 is 0. The summed E-state index contributed by atoms with van der Waals surface area (Å²) in [6.07, 6.45) is 3.94. The maximum Gasteiger partial charge on any atom is 0.243 e. The van der Waals surface area contributed by atoms with E-state index >= 15 is 0 Å². The first-order valence-corrected chi connectivity index (χ1v) is 5.36. The molecule has 2 fully saturated rings. The Bertz CT molecular complexity index is 216. The highest BCUT2D eigenvalue weighted by atomic mass is 16.5. The van der Waals surface area contributed by atoms with Gasteiger partial charge in [-0.3, -0.25) is 4.79 Å². The van der Waals surface area contributed by atoms with Crippen molar-refractivity contribution in [2.75, 3.05) is 26.3 Å². The van der Waals surface area contributed by atoms with Crippen LogP contribution in [0, 0.1) is 5.92 Å². The average Bonchev–Trinajstić information content (AvgIpc) is 2.87. The van der Waals surface area contributed by atoms with Crippen molar-refractivity contribution < 1.29 is 9.53 Å². The summed E-state index contributed by atoms with van der Waals surface area (Å²) in [5.74, 6) is 0.233. The molecule has 1 unspecified atom stereocenters. The van der Waals surface area contributed by atoms with Crippen LogP contribution in [-0.4, -0.2) is 43.2 Å². The number of ether oxygens (including phenoxy) is 1. The second-order valence-electron chi connectivity index (χ2n) is 4.36. The minimum absolute atomic E-state index is 0.0694. The first-order valence-electron chi connectivity index (χ1n) is 5.36. The van der Waals surface area contributed by atoms with Gasteiger partial charge in [0.25, 0.3) is 0 Å². The number of hydrogen-bond donors (Lipinski definition) is 1. The monoisotopic (exact) mass is 198 g/mol. The Kier molecular flexibility index (Phi) is 3.03. The standard InChI is InChI=1S/C10H18N2O2/c11-10(13)7-14-6-8-3-4-12(5-8)9-1-2-9/h8-9H,1-7H2,(H2,11,13). The van der Waals surface area contributed by atoms with Crippen LogP contribution in [0.3, 0.4) is 0 Å². The van der Waals surface area contributed by atoms with E-state index in [2.05, 4.69) is 4.90 Å². The molecule has 0 aromatic carbocycles. The van der Waals surface area contributed by atoms with Gasteiger partial charge in [0.2, 0.25) is 5.91 Å². The Labute approximate surface area is 84.4 Å². The van der Waals surface area contributed by atoms with E-state index in [1.165, 1.54) is 25.8 Å². The van der Waals surface area contributed by atoms with E-state index in [-0.39, 0.29) is 12.5 Å². The number of rotatable bonds is 5. The SMILES string of the molecule is NC(=O)COCC1CCN(C2CC2)C1. The summed E-state index contributed by atoms with van der Waals surface area (Å²) in [7, 11) is 0. The molecular formula is C10H18N2O2. The lowest BCUT2D eigenvalue weighted by Crippen LogP contribution is -2.25. The van der Waals surface area contributed by atoms with E-state index in [1.807, 2.05) is 0 Å². The molecule has 1 atom stereocenters. The van der Waals surface area contributed by atoms with E-state index in [4.69, 9.17) is 10.5 Å². The van der Waals surface area contributed by atoms with E-state index in [0.717, 1.165) is 12.6 Å². The molecule has 2 N–H and O–H groups in total. The van der Waals surface area contributed by atoms with Gasteiger partial charge in [0.05, 0.1) is 6.61 Å². The summed E-state index contributed by atoms with van der Waals surface area (Å²) < 4.78 is 5.23. The zero-order chi connectivity index (χ0) is 9.97. The van der Waals surface area contributed by atoms with Gasteiger partial charge < -0.3 is 15.4 Å². The molecule has 4 nitrogen and oxygen atoms in total. The minimum atomic E-state index is -0.373. The van der Waals surface area contributed by atoms with E-state index in [1.54, 1.807) is 0 Å². The van der Waals surface area contributed by atoms with Crippen molar-refractivity contribution in [3.05, 3.63) is 0 Å². The molecule has 1 heterocycles. The summed E-state index contributed by atoms with van der Waals surface area (Å²) in [5, 5.41) is 0. The number of nitrogens with zero attached hydrogens (tertiary/aromatic N) is 1. The largest absolute Gasteiger partial charge is 0.371 e. The fourth-order valence-corrected chi connectivity index (χ4v) is 2.10. The zero-order valence-electron chi connectivity index (χ0n) is 8.45. The third-order valence-corrected chi connectivity index (χ3v) is 2.98. The van der Waals surface area contributed by atoms with Crippen LogP contribution >= 0.6 is 0 Å². The number of primary amides is 1. The Balaban J connectivity index is 1.60. The number of nitrogens with two attached hydrogens (primary N) is 1. The number of hydrogen-bond acceptors (Lipinski definition) is 3. The Hall–Kier alpha value is -0.610. The molecule has 1 amide bonds. The molecule has 0 aromatic heterocycles. The number of likely N-dealkylation sites (tertiary alicyclic amines) is 1. The molecule has 0 aromatic rings. The third-order valence-electron chi connectivity index (χ3n) is 2.98. The van der Waals surface area contributed by atoms with Gasteiger partial charge in [0.1, 0.15) is 6.61 Å². The van der Waals surface area contributed by atoms with Gasteiger partial charge >= 0.3 is 0 Å². The third kappa shape index (κ3) is 2.69. The molecule has 1 aliphatic carbocycles. The topological polar surface area (TPSA) is 55.6 Å². The molecule has 0 spiro atoms.